The van der Waals surface area contributed by atoms with Crippen molar-refractivity contribution < 1.29 is 0 Å². The van der Waals surface area contributed by atoms with Gasteiger partial charge in [-0.15, -0.1) is 0 Å². The van der Waals surface area contributed by atoms with E-state index >= 15 is 0 Å². The first kappa shape index (κ1) is 10.4. The summed E-state index contributed by atoms with van der Waals surface area (Å²) in [5.74, 6) is 0. The topological polar surface area (TPSA) is 15.3 Å². The van der Waals surface area contributed by atoms with Gasteiger partial charge in [0.2, 0.25) is 0 Å². The van der Waals surface area contributed by atoms with Crippen molar-refractivity contribution in [2.75, 3.05) is 19.6 Å². The lowest BCUT2D eigenvalue weighted by Gasteiger charge is -2.39. The van der Waals surface area contributed by atoms with Crippen LogP contribution in [0.15, 0.2) is 0 Å². The van der Waals surface area contributed by atoms with Crippen molar-refractivity contribution >= 4 is 0 Å². The Morgan fingerprint density at radius 1 is 1.36 bits per heavy atom. The fourth-order valence-corrected chi connectivity index (χ4v) is 2.55. The fraction of sp³-hybridized carbons (Fsp3) is 1.00. The Morgan fingerprint density at radius 3 is 2.64 bits per heavy atom. The Kier molecular flexibility index (Phi) is 2.85. The summed E-state index contributed by atoms with van der Waals surface area (Å²) in [5.41, 5.74) is 0.714. The Balaban J connectivity index is 1.89. The van der Waals surface area contributed by atoms with Crippen LogP contribution in [0, 0.1) is 5.41 Å². The molecule has 2 fully saturated rings. The molecule has 2 nitrogen and oxygen atoms in total. The molecule has 1 N–H and O–H groups in total. The van der Waals surface area contributed by atoms with Crippen LogP contribution in [0.3, 0.4) is 0 Å². The summed E-state index contributed by atoms with van der Waals surface area (Å²) in [6, 6.07) is 1.41. The molecule has 2 heteroatoms. The van der Waals surface area contributed by atoms with Crippen molar-refractivity contribution in [3.63, 3.8) is 0 Å². The van der Waals surface area contributed by atoms with Gasteiger partial charge in [-0.2, -0.15) is 0 Å². The van der Waals surface area contributed by atoms with Crippen LogP contribution in [0.5, 0.6) is 0 Å². The number of hydrogen-bond donors (Lipinski definition) is 1. The molecule has 2 unspecified atom stereocenters. The third kappa shape index (κ3) is 2.12. The molecule has 2 rings (SSSR count). The first-order valence-electron chi connectivity index (χ1n) is 6.13. The molecule has 0 aromatic rings. The van der Waals surface area contributed by atoms with E-state index in [1.807, 2.05) is 0 Å². The predicted molar refractivity (Wildman–Crippen MR) is 60.5 cm³/mol. The molecule has 0 aromatic carbocycles. The van der Waals surface area contributed by atoms with Gasteiger partial charge in [0.05, 0.1) is 0 Å². The zero-order chi connectivity index (χ0) is 10.2. The van der Waals surface area contributed by atoms with Gasteiger partial charge in [0, 0.05) is 31.7 Å². The van der Waals surface area contributed by atoms with E-state index in [1.54, 1.807) is 0 Å². The van der Waals surface area contributed by atoms with Crippen LogP contribution < -0.4 is 5.32 Å². The van der Waals surface area contributed by atoms with Crippen LogP contribution >= 0.6 is 0 Å². The van der Waals surface area contributed by atoms with E-state index < -0.39 is 0 Å². The predicted octanol–water partition coefficient (Wildman–Crippen LogP) is 1.86. The lowest BCUT2D eigenvalue weighted by Crippen LogP contribution is -2.55. The highest BCUT2D eigenvalue weighted by Gasteiger charge is 2.43. The van der Waals surface area contributed by atoms with E-state index in [0.717, 1.165) is 6.04 Å². The molecule has 0 bridgehead atoms. The third-order valence-electron chi connectivity index (χ3n) is 4.14. The summed E-state index contributed by atoms with van der Waals surface area (Å²) in [6.07, 6.45) is 4.31. The molecule has 82 valence electrons. The maximum absolute atomic E-state index is 3.54. The number of hydrogen-bond acceptors (Lipinski definition) is 2. The molecule has 14 heavy (non-hydrogen) atoms. The van der Waals surface area contributed by atoms with Crippen molar-refractivity contribution in [3.05, 3.63) is 0 Å². The lowest BCUT2D eigenvalue weighted by atomic mass is 10.0. The zero-order valence-corrected chi connectivity index (χ0v) is 9.84. The van der Waals surface area contributed by atoms with Gasteiger partial charge < -0.3 is 5.32 Å². The second-order valence-corrected chi connectivity index (χ2v) is 5.44. The maximum atomic E-state index is 3.54. The summed E-state index contributed by atoms with van der Waals surface area (Å²) in [6.45, 7) is 10.7. The molecule has 1 heterocycles. The van der Waals surface area contributed by atoms with Gasteiger partial charge in [-0.1, -0.05) is 6.92 Å². The smallest absolute Gasteiger partial charge is 0.0193 e. The van der Waals surface area contributed by atoms with E-state index in [1.165, 1.54) is 38.9 Å². The third-order valence-corrected chi connectivity index (χ3v) is 4.14. The van der Waals surface area contributed by atoms with Crippen LogP contribution in [0.1, 0.15) is 40.0 Å². The highest BCUT2D eigenvalue weighted by molar-refractivity contribution is 4.96. The Morgan fingerprint density at radius 2 is 2.07 bits per heavy atom. The van der Waals surface area contributed by atoms with Gasteiger partial charge in [0.15, 0.2) is 0 Å². The molecule has 0 radical (unpaired) electrons. The van der Waals surface area contributed by atoms with Crippen LogP contribution in [-0.2, 0) is 0 Å². The summed E-state index contributed by atoms with van der Waals surface area (Å²) in [4.78, 5) is 2.69. The number of nitrogens with zero attached hydrogens (tertiary/aromatic N) is 1. The maximum Gasteiger partial charge on any atom is 0.0193 e. The minimum absolute atomic E-state index is 0.679. The zero-order valence-electron chi connectivity index (χ0n) is 9.84. The van der Waals surface area contributed by atoms with Crippen molar-refractivity contribution in [2.45, 2.75) is 52.1 Å². The second-order valence-electron chi connectivity index (χ2n) is 5.44. The van der Waals surface area contributed by atoms with Crippen LogP contribution in [-0.4, -0.2) is 36.6 Å². The monoisotopic (exact) mass is 196 g/mol. The average Bonchev–Trinajstić information content (AvgIpc) is 2.92. The van der Waals surface area contributed by atoms with Gasteiger partial charge in [-0.3, -0.25) is 4.90 Å². The fourth-order valence-electron chi connectivity index (χ4n) is 2.55. The standard InChI is InChI=1S/C12H24N2/c1-4-12(5-6-12)9-14-8-10(2)13-7-11(14)3/h10-11,13H,4-9H2,1-3H3. The molecular formula is C12H24N2. The highest BCUT2D eigenvalue weighted by Crippen LogP contribution is 2.49. The van der Waals surface area contributed by atoms with Crippen molar-refractivity contribution in [3.8, 4) is 0 Å². The molecule has 0 aromatic heterocycles. The molecule has 0 amide bonds. The summed E-state index contributed by atoms with van der Waals surface area (Å²) >= 11 is 0. The van der Waals surface area contributed by atoms with Crippen molar-refractivity contribution in [2.24, 2.45) is 5.41 Å². The Hall–Kier alpha value is -0.0800. The van der Waals surface area contributed by atoms with Gasteiger partial charge in [-0.05, 0) is 38.5 Å². The van der Waals surface area contributed by atoms with Crippen LogP contribution in [0.25, 0.3) is 0 Å². The van der Waals surface area contributed by atoms with Crippen molar-refractivity contribution in [1.29, 1.82) is 0 Å². The summed E-state index contributed by atoms with van der Waals surface area (Å²) in [7, 11) is 0. The Labute approximate surface area is 88.1 Å². The summed E-state index contributed by atoms with van der Waals surface area (Å²) < 4.78 is 0. The molecule has 1 aliphatic heterocycles. The summed E-state index contributed by atoms with van der Waals surface area (Å²) in [5, 5.41) is 3.54. The Bertz CT molecular complexity index is 198. The van der Waals surface area contributed by atoms with Gasteiger partial charge in [-0.25, -0.2) is 0 Å². The average molecular weight is 196 g/mol. The van der Waals surface area contributed by atoms with E-state index in [-0.39, 0.29) is 0 Å². The molecule has 0 spiro atoms. The number of nitrogens with one attached hydrogen (secondary N) is 1. The molecule has 1 saturated carbocycles. The van der Waals surface area contributed by atoms with E-state index in [9.17, 15) is 0 Å². The minimum atomic E-state index is 0.679. The minimum Gasteiger partial charge on any atom is -0.311 e. The van der Waals surface area contributed by atoms with E-state index in [4.69, 9.17) is 0 Å². The second kappa shape index (κ2) is 3.82. The van der Waals surface area contributed by atoms with Crippen LogP contribution in [0.4, 0.5) is 0 Å². The largest absolute Gasteiger partial charge is 0.311 e. The number of rotatable bonds is 3. The normalized spacial score (nSPS) is 37.1. The van der Waals surface area contributed by atoms with Crippen molar-refractivity contribution in [1.82, 2.24) is 10.2 Å². The molecule has 1 saturated heterocycles. The SMILES string of the molecule is CCC1(CN2CC(C)NCC2C)CC1. The van der Waals surface area contributed by atoms with E-state index in [2.05, 4.69) is 31.0 Å². The first-order valence-corrected chi connectivity index (χ1v) is 6.13. The quantitative estimate of drug-likeness (QED) is 0.741. The molecule has 2 aliphatic rings. The molecular weight excluding hydrogens is 172 g/mol. The van der Waals surface area contributed by atoms with Crippen LogP contribution in [0.2, 0.25) is 0 Å². The van der Waals surface area contributed by atoms with E-state index in [0.29, 0.717) is 11.5 Å². The van der Waals surface area contributed by atoms with Gasteiger partial charge in [0.25, 0.3) is 0 Å². The molecule has 1 aliphatic carbocycles. The molecule has 2 atom stereocenters. The number of piperazine rings is 1. The first-order chi connectivity index (χ1) is 6.65. The highest BCUT2D eigenvalue weighted by atomic mass is 15.2. The van der Waals surface area contributed by atoms with Gasteiger partial charge in [0.1, 0.15) is 0 Å². The lowest BCUT2D eigenvalue weighted by molar-refractivity contribution is 0.116. The van der Waals surface area contributed by atoms with Gasteiger partial charge >= 0.3 is 0 Å².